The molecule has 0 spiro atoms. The lowest BCUT2D eigenvalue weighted by Crippen LogP contribution is -2.65. The highest BCUT2D eigenvalue weighted by Gasteiger charge is 2.48. The normalized spacial score (nSPS) is 22.9. The zero-order valence-electron chi connectivity index (χ0n) is 17.1. The molecular weight excluding hydrogens is 352 g/mol. The number of para-hydroxylation sites is 2. The first kappa shape index (κ1) is 19.0. The van der Waals surface area contributed by atoms with Crippen molar-refractivity contribution in [2.75, 3.05) is 6.54 Å². The highest BCUT2D eigenvalue weighted by atomic mass is 16.2. The quantitative estimate of drug-likeness (QED) is 0.862. The molecule has 1 aliphatic carbocycles. The summed E-state index contributed by atoms with van der Waals surface area (Å²) >= 11 is 0. The van der Waals surface area contributed by atoms with Gasteiger partial charge in [0, 0.05) is 12.6 Å². The van der Waals surface area contributed by atoms with Crippen molar-refractivity contribution >= 4 is 22.8 Å². The number of hydrogen-bond donors (Lipinski definition) is 1. The number of fused-ring (bicyclic) bond motifs is 3. The van der Waals surface area contributed by atoms with Crippen molar-refractivity contribution in [2.45, 2.75) is 71.0 Å². The molecule has 1 atom stereocenters. The predicted molar refractivity (Wildman–Crippen MR) is 109 cm³/mol. The highest BCUT2D eigenvalue weighted by Crippen LogP contribution is 2.31. The maximum atomic E-state index is 13.4. The van der Waals surface area contributed by atoms with E-state index in [0.717, 1.165) is 43.1 Å². The Balaban J connectivity index is 1.72. The molecule has 1 aromatic carbocycles. The van der Waals surface area contributed by atoms with Gasteiger partial charge < -0.3 is 14.8 Å². The lowest BCUT2D eigenvalue weighted by atomic mass is 9.93. The van der Waals surface area contributed by atoms with Gasteiger partial charge in [0.1, 0.15) is 5.54 Å². The second kappa shape index (κ2) is 7.22. The van der Waals surface area contributed by atoms with E-state index >= 15 is 0 Å². The average Bonchev–Trinajstić information content (AvgIpc) is 3.29. The number of hydrogen-bond acceptors (Lipinski definition) is 3. The summed E-state index contributed by atoms with van der Waals surface area (Å²) in [5.41, 5.74) is 0.801. The van der Waals surface area contributed by atoms with Gasteiger partial charge >= 0.3 is 0 Å². The van der Waals surface area contributed by atoms with Crippen LogP contribution in [0.15, 0.2) is 24.3 Å². The predicted octanol–water partition coefficient (Wildman–Crippen LogP) is 3.36. The number of carbonyl (C=O) groups excluding carboxylic acids is 2. The Kier molecular flexibility index (Phi) is 4.89. The molecule has 2 aliphatic rings. The van der Waals surface area contributed by atoms with Crippen LogP contribution in [-0.2, 0) is 11.3 Å². The van der Waals surface area contributed by atoms with Gasteiger partial charge in [-0.05, 0) is 44.2 Å². The maximum absolute atomic E-state index is 13.4. The van der Waals surface area contributed by atoms with E-state index in [-0.39, 0.29) is 17.9 Å². The van der Waals surface area contributed by atoms with Crippen LogP contribution in [0, 0.1) is 5.92 Å². The van der Waals surface area contributed by atoms with Gasteiger partial charge in [-0.25, -0.2) is 4.98 Å². The number of benzene rings is 1. The summed E-state index contributed by atoms with van der Waals surface area (Å²) in [5, 5.41) is 3.23. The Bertz CT molecular complexity index is 897. The van der Waals surface area contributed by atoms with Gasteiger partial charge in [0.25, 0.3) is 5.91 Å². The number of nitrogens with zero attached hydrogens (tertiary/aromatic N) is 3. The lowest BCUT2D eigenvalue weighted by Gasteiger charge is -2.44. The summed E-state index contributed by atoms with van der Waals surface area (Å²) in [6.07, 6.45) is 5.24. The first-order chi connectivity index (χ1) is 13.4. The smallest absolute Gasteiger partial charge is 0.290 e. The van der Waals surface area contributed by atoms with Crippen LogP contribution < -0.4 is 5.32 Å². The zero-order valence-corrected chi connectivity index (χ0v) is 17.1. The fourth-order valence-electron chi connectivity index (χ4n) is 4.48. The van der Waals surface area contributed by atoms with Crippen LogP contribution in [0.1, 0.15) is 63.5 Å². The summed E-state index contributed by atoms with van der Waals surface area (Å²) < 4.78 is 1.93. The summed E-state index contributed by atoms with van der Waals surface area (Å²) in [5.74, 6) is 0.707. The SMILES string of the molecule is CC(C)CCN1C(=O)c2nc3ccccc3n2C[C@@]1(C)C(=O)NC1CCCC1. The van der Waals surface area contributed by atoms with Crippen LogP contribution in [0.25, 0.3) is 11.0 Å². The van der Waals surface area contributed by atoms with Gasteiger partial charge in [0.05, 0.1) is 17.6 Å². The third-order valence-corrected chi connectivity index (χ3v) is 6.26. The van der Waals surface area contributed by atoms with E-state index in [2.05, 4.69) is 24.1 Å². The van der Waals surface area contributed by atoms with E-state index in [4.69, 9.17) is 0 Å². The monoisotopic (exact) mass is 382 g/mol. The van der Waals surface area contributed by atoms with E-state index < -0.39 is 5.54 Å². The maximum Gasteiger partial charge on any atom is 0.290 e. The third kappa shape index (κ3) is 3.19. The molecule has 28 heavy (non-hydrogen) atoms. The molecule has 1 aliphatic heterocycles. The lowest BCUT2D eigenvalue weighted by molar-refractivity contribution is -0.133. The third-order valence-electron chi connectivity index (χ3n) is 6.26. The zero-order chi connectivity index (χ0) is 19.9. The number of amides is 2. The minimum Gasteiger partial charge on any atom is -0.351 e. The molecule has 6 nitrogen and oxygen atoms in total. The Labute approximate surface area is 166 Å². The molecule has 0 saturated heterocycles. The van der Waals surface area contributed by atoms with Crippen LogP contribution in [-0.4, -0.2) is 44.4 Å². The topological polar surface area (TPSA) is 67.2 Å². The molecule has 2 amide bonds. The number of aromatic nitrogens is 2. The van der Waals surface area contributed by atoms with E-state index in [9.17, 15) is 9.59 Å². The molecule has 6 heteroatoms. The molecule has 0 unspecified atom stereocenters. The Morgan fingerprint density at radius 3 is 2.71 bits per heavy atom. The minimum absolute atomic E-state index is 0.0417. The molecule has 2 aromatic rings. The highest BCUT2D eigenvalue weighted by molar-refractivity contribution is 6.01. The number of rotatable bonds is 5. The summed E-state index contributed by atoms with van der Waals surface area (Å²) in [6, 6.07) is 7.99. The standard InChI is InChI=1S/C22H30N4O2/c1-15(2)12-13-26-20(27)19-24-17-10-6-7-11-18(17)25(19)14-22(26,3)21(28)23-16-8-4-5-9-16/h6-7,10-11,15-16H,4-5,8-9,12-14H2,1-3H3,(H,23,28)/t22-/m0/s1. The molecule has 1 fully saturated rings. The summed E-state index contributed by atoms with van der Waals surface area (Å²) in [7, 11) is 0. The molecule has 0 bridgehead atoms. The molecule has 150 valence electrons. The minimum atomic E-state index is -0.912. The average molecular weight is 383 g/mol. The van der Waals surface area contributed by atoms with E-state index in [1.54, 1.807) is 4.90 Å². The van der Waals surface area contributed by atoms with Crippen LogP contribution in [0.4, 0.5) is 0 Å². The fraction of sp³-hybridized carbons (Fsp3) is 0.591. The molecular formula is C22H30N4O2. The van der Waals surface area contributed by atoms with Gasteiger partial charge in [0.15, 0.2) is 5.82 Å². The summed E-state index contributed by atoms with van der Waals surface area (Å²) in [4.78, 5) is 33.2. The van der Waals surface area contributed by atoms with Crippen molar-refractivity contribution in [1.29, 1.82) is 0 Å². The molecule has 1 saturated carbocycles. The molecule has 1 N–H and O–H groups in total. The Hall–Kier alpha value is -2.37. The largest absolute Gasteiger partial charge is 0.351 e. The van der Waals surface area contributed by atoms with Gasteiger partial charge in [-0.3, -0.25) is 9.59 Å². The number of nitrogens with one attached hydrogen (secondary N) is 1. The second-order valence-corrected chi connectivity index (χ2v) is 8.88. The van der Waals surface area contributed by atoms with Gasteiger partial charge in [-0.1, -0.05) is 38.8 Å². The van der Waals surface area contributed by atoms with Crippen molar-refractivity contribution in [1.82, 2.24) is 19.8 Å². The van der Waals surface area contributed by atoms with Crippen molar-refractivity contribution in [2.24, 2.45) is 5.92 Å². The van der Waals surface area contributed by atoms with Crippen molar-refractivity contribution in [3.05, 3.63) is 30.1 Å². The van der Waals surface area contributed by atoms with E-state index in [1.165, 1.54) is 0 Å². The first-order valence-corrected chi connectivity index (χ1v) is 10.5. The number of carbonyl (C=O) groups is 2. The fourth-order valence-corrected chi connectivity index (χ4v) is 4.48. The van der Waals surface area contributed by atoms with Crippen LogP contribution in [0.3, 0.4) is 0 Å². The molecule has 4 rings (SSSR count). The van der Waals surface area contributed by atoms with Crippen LogP contribution in [0.5, 0.6) is 0 Å². The molecule has 1 aromatic heterocycles. The molecule has 2 heterocycles. The Morgan fingerprint density at radius 2 is 2.00 bits per heavy atom. The van der Waals surface area contributed by atoms with Gasteiger partial charge in [0.2, 0.25) is 5.91 Å². The first-order valence-electron chi connectivity index (χ1n) is 10.5. The number of imidazole rings is 1. The van der Waals surface area contributed by atoms with Crippen LogP contribution >= 0.6 is 0 Å². The summed E-state index contributed by atoms with van der Waals surface area (Å²) in [6.45, 7) is 7.19. The van der Waals surface area contributed by atoms with E-state index in [1.807, 2.05) is 35.8 Å². The van der Waals surface area contributed by atoms with Crippen molar-refractivity contribution in [3.63, 3.8) is 0 Å². The molecule has 0 radical (unpaired) electrons. The van der Waals surface area contributed by atoms with Gasteiger partial charge in [-0.15, -0.1) is 0 Å². The van der Waals surface area contributed by atoms with Crippen molar-refractivity contribution in [3.8, 4) is 0 Å². The van der Waals surface area contributed by atoms with Crippen molar-refractivity contribution < 1.29 is 9.59 Å². The Morgan fingerprint density at radius 1 is 1.29 bits per heavy atom. The van der Waals surface area contributed by atoms with Crippen LogP contribution in [0.2, 0.25) is 0 Å². The van der Waals surface area contributed by atoms with E-state index in [0.29, 0.717) is 24.8 Å². The van der Waals surface area contributed by atoms with Gasteiger partial charge in [-0.2, -0.15) is 0 Å². The second-order valence-electron chi connectivity index (χ2n) is 8.88.